The molecule has 4 aliphatic rings. The quantitative estimate of drug-likeness (QED) is 0.0534. The van der Waals surface area contributed by atoms with Gasteiger partial charge in [-0.25, -0.2) is 18.3 Å². The highest BCUT2D eigenvalue weighted by Gasteiger charge is 2.50. The molecule has 6 amide bonds. The van der Waals surface area contributed by atoms with Crippen molar-refractivity contribution in [3.63, 3.8) is 0 Å². The van der Waals surface area contributed by atoms with Crippen LogP contribution in [-0.4, -0.2) is 164 Å². The Hall–Kier alpha value is -8.17. The molecule has 1 aliphatic carbocycles. The number of carbonyl (C=O) groups excluding carboxylic acids is 6. The monoisotopic (exact) mass is 1110 g/mol. The van der Waals surface area contributed by atoms with E-state index in [0.717, 1.165) is 38.3 Å². The van der Waals surface area contributed by atoms with E-state index in [1.54, 1.807) is 46.1 Å². The smallest absolute Gasteiger partial charge is 0.407 e. The minimum Gasteiger partial charge on any atom is -0.449 e. The zero-order valence-corrected chi connectivity index (χ0v) is 44.6. The van der Waals surface area contributed by atoms with Crippen molar-refractivity contribution in [2.75, 3.05) is 85.6 Å². The molecule has 81 heavy (non-hydrogen) atoms. The molecule has 0 spiro atoms. The molecule has 23 heteroatoms. The van der Waals surface area contributed by atoms with Crippen LogP contribution in [-0.2, 0) is 62.5 Å². The topological polar surface area (TPSA) is 258 Å². The molecular formula is C58H64F2N10O11. The van der Waals surface area contributed by atoms with Crippen molar-refractivity contribution >= 4 is 35.6 Å². The molecular weight excluding hydrogens is 1050 g/mol. The molecule has 426 valence electrons. The number of nitriles is 1. The number of ether oxygens (including phenoxy) is 5. The van der Waals surface area contributed by atoms with E-state index in [1.807, 2.05) is 42.5 Å². The van der Waals surface area contributed by atoms with Gasteiger partial charge in [0.2, 0.25) is 23.6 Å². The molecule has 1 aromatic heterocycles. The Morgan fingerprint density at radius 1 is 0.765 bits per heavy atom. The van der Waals surface area contributed by atoms with E-state index in [9.17, 15) is 42.8 Å². The zero-order valence-electron chi connectivity index (χ0n) is 44.6. The second kappa shape index (κ2) is 27.3. The molecule has 9 rings (SSSR count). The van der Waals surface area contributed by atoms with E-state index in [4.69, 9.17) is 23.7 Å². The maximum Gasteiger partial charge on any atom is 0.407 e. The molecule has 2 saturated heterocycles. The molecule has 2 fully saturated rings. The molecule has 3 atom stereocenters. The van der Waals surface area contributed by atoms with Crippen LogP contribution in [0.15, 0.2) is 97.2 Å². The van der Waals surface area contributed by atoms with Gasteiger partial charge < -0.3 is 54.8 Å². The number of likely N-dealkylation sites (tertiary alicyclic amines) is 1. The Morgan fingerprint density at radius 2 is 1.43 bits per heavy atom. The van der Waals surface area contributed by atoms with Crippen LogP contribution < -0.4 is 21.3 Å². The normalized spacial score (nSPS) is 17.7. The van der Waals surface area contributed by atoms with Crippen molar-refractivity contribution in [2.45, 2.75) is 69.2 Å². The molecule has 0 saturated carbocycles. The molecule has 5 aromatic rings. The van der Waals surface area contributed by atoms with Crippen LogP contribution in [0.5, 0.6) is 0 Å². The maximum atomic E-state index is 14.0. The standard InChI is InChI=1S/C58H64F2N10O11/c59-58(60)30-43(31-61)70(37-58)56(75)50-28-42(55(74)65-50)29-53(72)68-32-40-6-5-7-41(48(40)34-68)33-69-35-51(66-67-69)38-12-14-39(15-13-38)54(73)63-18-17-62-52(71)16-20-77-22-24-79-26-27-80-25-23-78-21-19-64-57(76)81-36-49-46-10-3-1-8-44(46)45-9-2-4-11-47(45)49/h1-15,35,42-43,49-50H,16-30,32-34,36-37H2,(H,62,71)(H,63,73)(H,64,76)(H,65,74)/t42-,43-,50?/m0/s1. The van der Waals surface area contributed by atoms with Crippen molar-refractivity contribution in [2.24, 2.45) is 5.92 Å². The van der Waals surface area contributed by atoms with Crippen LogP contribution in [0.25, 0.3) is 22.4 Å². The van der Waals surface area contributed by atoms with Crippen molar-refractivity contribution in [1.29, 1.82) is 5.26 Å². The number of hydrogen-bond donors (Lipinski definition) is 4. The van der Waals surface area contributed by atoms with Crippen molar-refractivity contribution in [3.8, 4) is 28.5 Å². The third-order valence-corrected chi connectivity index (χ3v) is 14.6. The average Bonchev–Trinajstić information content (AvgIpc) is 4.47. The summed E-state index contributed by atoms with van der Waals surface area (Å²) in [4.78, 5) is 79.3. The minimum absolute atomic E-state index is 0.000102. The summed E-state index contributed by atoms with van der Waals surface area (Å²) in [5.41, 5.74) is 9.22. The number of nitrogens with zero attached hydrogens (tertiary/aromatic N) is 6. The largest absolute Gasteiger partial charge is 0.449 e. The van der Waals surface area contributed by atoms with Gasteiger partial charge in [-0.15, -0.1) is 5.10 Å². The van der Waals surface area contributed by atoms with Gasteiger partial charge in [0.1, 0.15) is 24.4 Å². The number of carbonyl (C=O) groups is 6. The molecule has 0 radical (unpaired) electrons. The highest BCUT2D eigenvalue weighted by Crippen LogP contribution is 2.44. The Balaban J connectivity index is 0.574. The Kier molecular flexibility index (Phi) is 19.4. The molecule has 4 heterocycles. The van der Waals surface area contributed by atoms with Gasteiger partial charge in [-0.1, -0.05) is 84.1 Å². The van der Waals surface area contributed by atoms with Crippen LogP contribution in [0.4, 0.5) is 13.6 Å². The van der Waals surface area contributed by atoms with Crippen LogP contribution in [0.1, 0.15) is 69.8 Å². The summed E-state index contributed by atoms with van der Waals surface area (Å²) in [6.07, 6.45) is 0.501. The number of hydrogen-bond acceptors (Lipinski definition) is 14. The van der Waals surface area contributed by atoms with E-state index >= 15 is 0 Å². The summed E-state index contributed by atoms with van der Waals surface area (Å²) in [6.45, 7) is 3.78. The van der Waals surface area contributed by atoms with Gasteiger partial charge in [-0.3, -0.25) is 24.0 Å². The van der Waals surface area contributed by atoms with E-state index in [2.05, 4.69) is 55.8 Å². The van der Waals surface area contributed by atoms with Gasteiger partial charge in [-0.05, 0) is 57.5 Å². The summed E-state index contributed by atoms with van der Waals surface area (Å²) in [7, 11) is 0. The minimum atomic E-state index is -3.19. The van der Waals surface area contributed by atoms with Crippen LogP contribution in [0.3, 0.4) is 0 Å². The van der Waals surface area contributed by atoms with Crippen LogP contribution in [0, 0.1) is 17.2 Å². The first-order valence-electron chi connectivity index (χ1n) is 27.0. The van der Waals surface area contributed by atoms with Gasteiger partial charge >= 0.3 is 6.09 Å². The first-order chi connectivity index (χ1) is 39.3. The van der Waals surface area contributed by atoms with Gasteiger partial charge in [0.15, 0.2) is 0 Å². The van der Waals surface area contributed by atoms with Gasteiger partial charge in [-0.2, -0.15) is 5.26 Å². The summed E-state index contributed by atoms with van der Waals surface area (Å²) in [5, 5.41) is 28.8. The molecule has 4 N–H and O–H groups in total. The lowest BCUT2D eigenvalue weighted by molar-refractivity contribution is -0.135. The summed E-state index contributed by atoms with van der Waals surface area (Å²) in [5.74, 6) is -6.06. The lowest BCUT2D eigenvalue weighted by Gasteiger charge is -2.22. The summed E-state index contributed by atoms with van der Waals surface area (Å²) < 4.78 is 57.3. The fraction of sp³-hybridized carbons (Fsp3) is 0.431. The molecule has 1 unspecified atom stereocenters. The zero-order chi connectivity index (χ0) is 56.7. The van der Waals surface area contributed by atoms with Gasteiger partial charge in [0.05, 0.1) is 78.2 Å². The third-order valence-electron chi connectivity index (χ3n) is 14.6. The first kappa shape index (κ1) is 57.5. The predicted molar refractivity (Wildman–Crippen MR) is 287 cm³/mol. The van der Waals surface area contributed by atoms with Crippen molar-refractivity contribution < 1.29 is 61.2 Å². The van der Waals surface area contributed by atoms with Crippen molar-refractivity contribution in [1.82, 2.24) is 46.1 Å². The number of amides is 6. The number of rotatable bonds is 27. The maximum absolute atomic E-state index is 14.0. The second-order valence-electron chi connectivity index (χ2n) is 20.1. The highest BCUT2D eigenvalue weighted by atomic mass is 19.3. The van der Waals surface area contributed by atoms with E-state index < -0.39 is 54.8 Å². The Bertz CT molecular complexity index is 3050. The third kappa shape index (κ3) is 15.0. The number of benzene rings is 4. The summed E-state index contributed by atoms with van der Waals surface area (Å²) >= 11 is 0. The first-order valence-corrected chi connectivity index (χ1v) is 27.0. The molecule has 0 bridgehead atoms. The molecule has 21 nitrogen and oxygen atoms in total. The highest BCUT2D eigenvalue weighted by molar-refractivity contribution is 5.95. The van der Waals surface area contributed by atoms with E-state index in [1.165, 1.54) is 11.1 Å². The Labute approximate surface area is 466 Å². The van der Waals surface area contributed by atoms with Crippen LogP contribution >= 0.6 is 0 Å². The number of aromatic nitrogens is 3. The van der Waals surface area contributed by atoms with Gasteiger partial charge in [0, 0.05) is 74.9 Å². The Morgan fingerprint density at radius 3 is 2.14 bits per heavy atom. The number of nitrogens with one attached hydrogen (secondary N) is 4. The lowest BCUT2D eigenvalue weighted by atomic mass is 9.98. The molecule has 3 aliphatic heterocycles. The fourth-order valence-electron chi connectivity index (χ4n) is 10.4. The fourth-order valence-corrected chi connectivity index (χ4v) is 10.4. The van der Waals surface area contributed by atoms with Crippen LogP contribution in [0.2, 0.25) is 0 Å². The van der Waals surface area contributed by atoms with E-state index in [0.29, 0.717) is 83.7 Å². The second-order valence-corrected chi connectivity index (χ2v) is 20.1. The van der Waals surface area contributed by atoms with E-state index in [-0.39, 0.29) is 69.2 Å². The molecule has 4 aromatic carbocycles. The number of alkyl carbamates (subject to hydrolysis) is 1. The lowest BCUT2D eigenvalue weighted by Crippen LogP contribution is -2.46. The SMILES string of the molecule is N#C[C@@H]1CC(F)(F)CN1C(=O)C1C[C@@H](CC(=O)N2Cc3cccc(Cn4cc(-c5ccc(C(=O)NCCNC(=O)CCOCCOCCOCCOCCNC(=O)OCC6c7ccccc7-c7ccccc76)cc5)nn4)c3C2)C(=O)N1. The predicted octanol–water partition coefficient (Wildman–Crippen LogP) is 4.33. The number of fused-ring (bicyclic) bond motifs is 4. The van der Waals surface area contributed by atoms with Crippen molar-refractivity contribution in [3.05, 3.63) is 131 Å². The number of alkyl halides is 2. The summed E-state index contributed by atoms with van der Waals surface area (Å²) in [6, 6.07) is 28.4. The van der Waals surface area contributed by atoms with Gasteiger partial charge in [0.25, 0.3) is 11.8 Å². The number of halogens is 2. The average molecular weight is 1120 g/mol.